The molecule has 1 aliphatic rings. The van der Waals surface area contributed by atoms with Gasteiger partial charge in [0.1, 0.15) is 6.26 Å². The van der Waals surface area contributed by atoms with E-state index in [1.165, 1.54) is 0 Å². The number of ether oxygens (including phenoxy) is 1. The van der Waals surface area contributed by atoms with Gasteiger partial charge in [0.05, 0.1) is 16.2 Å². The fourth-order valence-electron chi connectivity index (χ4n) is 2.58. The van der Waals surface area contributed by atoms with Crippen molar-refractivity contribution in [2.24, 2.45) is 5.92 Å². The first-order chi connectivity index (χ1) is 10.1. The van der Waals surface area contributed by atoms with Crippen molar-refractivity contribution in [2.45, 2.75) is 19.4 Å². The van der Waals surface area contributed by atoms with Crippen molar-refractivity contribution in [3.05, 3.63) is 46.1 Å². The maximum absolute atomic E-state index is 6.27. The third kappa shape index (κ3) is 3.18. The van der Waals surface area contributed by atoms with E-state index in [0.717, 1.165) is 25.1 Å². The van der Waals surface area contributed by atoms with Crippen LogP contribution in [0.5, 0.6) is 5.75 Å². The van der Waals surface area contributed by atoms with E-state index in [1.54, 1.807) is 12.5 Å². The molecule has 0 saturated carbocycles. The van der Waals surface area contributed by atoms with E-state index >= 15 is 0 Å². The summed E-state index contributed by atoms with van der Waals surface area (Å²) in [7, 11) is 0. The van der Waals surface area contributed by atoms with Gasteiger partial charge in [0.25, 0.3) is 0 Å². The number of rotatable bonds is 4. The van der Waals surface area contributed by atoms with E-state index in [0.29, 0.717) is 21.7 Å². The van der Waals surface area contributed by atoms with Crippen LogP contribution in [0.25, 0.3) is 0 Å². The number of hydrogen-bond donors (Lipinski definition) is 1. The van der Waals surface area contributed by atoms with Gasteiger partial charge in [0, 0.05) is 12.5 Å². The fraction of sp³-hybridized carbons (Fsp3) is 0.400. The van der Waals surface area contributed by atoms with Gasteiger partial charge < -0.3 is 14.5 Å². The molecule has 6 heteroatoms. The van der Waals surface area contributed by atoms with Crippen molar-refractivity contribution in [1.29, 1.82) is 0 Å². The van der Waals surface area contributed by atoms with Crippen LogP contribution in [-0.4, -0.2) is 18.1 Å². The summed E-state index contributed by atoms with van der Waals surface area (Å²) in [4.78, 5) is 4.23. The number of nitrogens with one attached hydrogen (secondary N) is 1. The molecule has 0 radical (unpaired) electrons. The SMILES string of the molecule is Cc1cc(Cl)c(O[C@H](c2ncco2)C2CCNC2)c(Cl)c1. The zero-order chi connectivity index (χ0) is 14.8. The van der Waals surface area contributed by atoms with Gasteiger partial charge in [-0.3, -0.25) is 0 Å². The van der Waals surface area contributed by atoms with Crippen LogP contribution in [0.3, 0.4) is 0 Å². The molecule has 1 unspecified atom stereocenters. The van der Waals surface area contributed by atoms with E-state index in [4.69, 9.17) is 32.4 Å². The highest BCUT2D eigenvalue weighted by Gasteiger charge is 2.32. The summed E-state index contributed by atoms with van der Waals surface area (Å²) in [5.41, 5.74) is 0.993. The largest absolute Gasteiger partial charge is 0.477 e. The van der Waals surface area contributed by atoms with Crippen molar-refractivity contribution in [1.82, 2.24) is 10.3 Å². The lowest BCUT2D eigenvalue weighted by Crippen LogP contribution is -2.22. The molecule has 3 rings (SSSR count). The van der Waals surface area contributed by atoms with Crippen molar-refractivity contribution >= 4 is 23.2 Å². The van der Waals surface area contributed by atoms with Crippen LogP contribution in [0.4, 0.5) is 0 Å². The van der Waals surface area contributed by atoms with Gasteiger partial charge in [-0.05, 0) is 37.6 Å². The first-order valence-electron chi connectivity index (χ1n) is 6.87. The van der Waals surface area contributed by atoms with E-state index in [2.05, 4.69) is 10.3 Å². The zero-order valence-corrected chi connectivity index (χ0v) is 13.1. The minimum absolute atomic E-state index is 0.275. The topological polar surface area (TPSA) is 47.3 Å². The summed E-state index contributed by atoms with van der Waals surface area (Å²) < 4.78 is 11.5. The summed E-state index contributed by atoms with van der Waals surface area (Å²) >= 11 is 12.5. The van der Waals surface area contributed by atoms with Gasteiger partial charge in [-0.1, -0.05) is 23.2 Å². The minimum atomic E-state index is -0.298. The molecule has 2 aromatic rings. The molecule has 0 aliphatic carbocycles. The first kappa shape index (κ1) is 14.7. The molecule has 112 valence electrons. The Bertz CT molecular complexity index is 587. The number of hydrogen-bond acceptors (Lipinski definition) is 4. The minimum Gasteiger partial charge on any atom is -0.477 e. The van der Waals surface area contributed by atoms with Crippen LogP contribution >= 0.6 is 23.2 Å². The van der Waals surface area contributed by atoms with Crippen LogP contribution in [0.2, 0.25) is 10.0 Å². The summed E-state index contributed by atoms with van der Waals surface area (Å²) in [6, 6.07) is 3.67. The third-order valence-electron chi connectivity index (χ3n) is 3.61. The summed E-state index contributed by atoms with van der Waals surface area (Å²) in [6.45, 7) is 3.75. The predicted octanol–water partition coefficient (Wildman–Crippen LogP) is 4.02. The molecule has 1 aliphatic heterocycles. The van der Waals surface area contributed by atoms with Crippen molar-refractivity contribution in [2.75, 3.05) is 13.1 Å². The van der Waals surface area contributed by atoms with E-state index in [9.17, 15) is 0 Å². The third-order valence-corrected chi connectivity index (χ3v) is 4.17. The van der Waals surface area contributed by atoms with E-state index in [-0.39, 0.29) is 12.0 Å². The van der Waals surface area contributed by atoms with Crippen LogP contribution in [0.15, 0.2) is 29.0 Å². The lowest BCUT2D eigenvalue weighted by atomic mass is 10.0. The Morgan fingerprint density at radius 3 is 2.71 bits per heavy atom. The lowest BCUT2D eigenvalue weighted by molar-refractivity contribution is 0.114. The van der Waals surface area contributed by atoms with Crippen LogP contribution in [0.1, 0.15) is 24.0 Å². The molecular formula is C15H16Cl2N2O2. The van der Waals surface area contributed by atoms with Gasteiger partial charge in [0.15, 0.2) is 11.9 Å². The Labute approximate surface area is 133 Å². The Morgan fingerprint density at radius 1 is 1.38 bits per heavy atom. The Balaban J connectivity index is 1.91. The molecule has 2 heterocycles. The van der Waals surface area contributed by atoms with Gasteiger partial charge in [0.2, 0.25) is 5.89 Å². The molecule has 0 amide bonds. The number of aromatic nitrogens is 1. The van der Waals surface area contributed by atoms with Crippen LogP contribution in [0, 0.1) is 12.8 Å². The molecular weight excluding hydrogens is 311 g/mol. The molecule has 1 aromatic heterocycles. The maximum Gasteiger partial charge on any atom is 0.235 e. The normalized spacial score (nSPS) is 19.7. The summed E-state index contributed by atoms with van der Waals surface area (Å²) in [6.07, 6.45) is 3.86. The van der Waals surface area contributed by atoms with Gasteiger partial charge >= 0.3 is 0 Å². The highest BCUT2D eigenvalue weighted by molar-refractivity contribution is 6.37. The number of halogens is 2. The van der Waals surface area contributed by atoms with E-state index < -0.39 is 0 Å². The average molecular weight is 327 g/mol. The number of aryl methyl sites for hydroxylation is 1. The maximum atomic E-state index is 6.27. The molecule has 1 N–H and O–H groups in total. The Kier molecular flexibility index (Phi) is 4.38. The molecule has 1 fully saturated rings. The highest BCUT2D eigenvalue weighted by Crippen LogP contribution is 2.39. The second-order valence-electron chi connectivity index (χ2n) is 5.22. The quantitative estimate of drug-likeness (QED) is 0.921. The van der Waals surface area contributed by atoms with Crippen LogP contribution in [-0.2, 0) is 0 Å². The lowest BCUT2D eigenvalue weighted by Gasteiger charge is -2.23. The first-order valence-corrected chi connectivity index (χ1v) is 7.63. The molecule has 4 nitrogen and oxygen atoms in total. The van der Waals surface area contributed by atoms with Crippen LogP contribution < -0.4 is 10.1 Å². The smallest absolute Gasteiger partial charge is 0.235 e. The van der Waals surface area contributed by atoms with Crippen molar-refractivity contribution in [3.8, 4) is 5.75 Å². The molecule has 21 heavy (non-hydrogen) atoms. The second kappa shape index (κ2) is 6.26. The summed E-state index contributed by atoms with van der Waals surface area (Å²) in [5, 5.41) is 4.33. The Morgan fingerprint density at radius 2 is 2.14 bits per heavy atom. The van der Waals surface area contributed by atoms with Gasteiger partial charge in [-0.25, -0.2) is 4.98 Å². The molecule has 0 spiro atoms. The number of benzene rings is 1. The highest BCUT2D eigenvalue weighted by atomic mass is 35.5. The van der Waals surface area contributed by atoms with E-state index in [1.807, 2.05) is 19.1 Å². The molecule has 2 atom stereocenters. The number of nitrogens with zero attached hydrogens (tertiary/aromatic N) is 1. The fourth-order valence-corrected chi connectivity index (χ4v) is 3.27. The van der Waals surface area contributed by atoms with Crippen molar-refractivity contribution < 1.29 is 9.15 Å². The zero-order valence-electron chi connectivity index (χ0n) is 11.6. The Hall–Kier alpha value is -1.23. The second-order valence-corrected chi connectivity index (χ2v) is 6.03. The number of oxazole rings is 1. The van der Waals surface area contributed by atoms with Gasteiger partial charge in [-0.2, -0.15) is 0 Å². The van der Waals surface area contributed by atoms with Gasteiger partial charge in [-0.15, -0.1) is 0 Å². The monoisotopic (exact) mass is 326 g/mol. The molecule has 1 saturated heterocycles. The average Bonchev–Trinajstić information content (AvgIpc) is 3.11. The summed E-state index contributed by atoms with van der Waals surface area (Å²) in [5.74, 6) is 1.31. The standard InChI is InChI=1S/C15H16Cl2N2O2/c1-9-6-11(16)14(12(17)7-9)21-13(10-2-3-18-8-10)15-19-4-5-20-15/h4-7,10,13,18H,2-3,8H2,1H3/t10?,13-/m0/s1. The predicted molar refractivity (Wildman–Crippen MR) is 82.0 cm³/mol. The van der Waals surface area contributed by atoms with Crippen molar-refractivity contribution in [3.63, 3.8) is 0 Å². The molecule has 0 bridgehead atoms. The molecule has 1 aromatic carbocycles.